The number of benzene rings is 1. The van der Waals surface area contributed by atoms with Crippen LogP contribution in [0.3, 0.4) is 0 Å². The first kappa shape index (κ1) is 17.6. The fourth-order valence-electron chi connectivity index (χ4n) is 3.47. The number of aliphatic imine (C=N–C) groups is 1. The second-order valence-corrected chi connectivity index (χ2v) is 6.81. The summed E-state index contributed by atoms with van der Waals surface area (Å²) in [5.74, 6) is 0.984. The van der Waals surface area contributed by atoms with Crippen molar-refractivity contribution in [2.24, 2.45) is 4.99 Å². The van der Waals surface area contributed by atoms with Crippen LogP contribution in [-0.4, -0.2) is 58.6 Å². The van der Waals surface area contributed by atoms with Crippen molar-refractivity contribution in [3.63, 3.8) is 0 Å². The minimum atomic E-state index is 0.649. The lowest BCUT2D eigenvalue weighted by Crippen LogP contribution is -2.52. The molecule has 1 saturated heterocycles. The SMILES string of the molecule is CCNC(=NCc1cc2ccccc2[nH]1)N1CCN(Cc2ccon2)CC1. The van der Waals surface area contributed by atoms with Crippen LogP contribution in [0.25, 0.3) is 10.9 Å². The minimum absolute atomic E-state index is 0.649. The number of nitrogens with one attached hydrogen (secondary N) is 2. The van der Waals surface area contributed by atoms with Gasteiger partial charge in [0.15, 0.2) is 5.96 Å². The topological polar surface area (TPSA) is 72.7 Å². The molecule has 0 aliphatic carbocycles. The summed E-state index contributed by atoms with van der Waals surface area (Å²) in [6.07, 6.45) is 1.63. The summed E-state index contributed by atoms with van der Waals surface area (Å²) in [7, 11) is 0. The van der Waals surface area contributed by atoms with Crippen molar-refractivity contribution >= 4 is 16.9 Å². The maximum atomic E-state index is 4.92. The molecule has 2 N–H and O–H groups in total. The Labute approximate surface area is 159 Å². The molecule has 0 bridgehead atoms. The molecule has 0 spiro atoms. The van der Waals surface area contributed by atoms with Crippen LogP contribution >= 0.6 is 0 Å². The predicted octanol–water partition coefficient (Wildman–Crippen LogP) is 2.44. The maximum Gasteiger partial charge on any atom is 0.194 e. The first-order chi connectivity index (χ1) is 13.3. The molecule has 0 saturated carbocycles. The molecule has 0 amide bonds. The molecule has 1 aliphatic heterocycles. The van der Waals surface area contributed by atoms with Gasteiger partial charge >= 0.3 is 0 Å². The Bertz CT molecular complexity index is 844. The molecule has 142 valence electrons. The molecule has 7 nitrogen and oxygen atoms in total. The third-order valence-electron chi connectivity index (χ3n) is 4.87. The van der Waals surface area contributed by atoms with Crippen LogP contribution in [0.15, 0.2) is 52.2 Å². The van der Waals surface area contributed by atoms with Crippen LogP contribution in [-0.2, 0) is 13.1 Å². The predicted molar refractivity (Wildman–Crippen MR) is 106 cm³/mol. The van der Waals surface area contributed by atoms with E-state index in [-0.39, 0.29) is 0 Å². The molecule has 0 atom stereocenters. The van der Waals surface area contributed by atoms with Crippen molar-refractivity contribution in [2.75, 3.05) is 32.7 Å². The monoisotopic (exact) mass is 366 g/mol. The molecular weight excluding hydrogens is 340 g/mol. The van der Waals surface area contributed by atoms with Gasteiger partial charge in [0.1, 0.15) is 6.26 Å². The number of nitrogens with zero attached hydrogens (tertiary/aromatic N) is 4. The molecule has 1 aliphatic rings. The summed E-state index contributed by atoms with van der Waals surface area (Å²) < 4.78 is 4.92. The van der Waals surface area contributed by atoms with Crippen molar-refractivity contribution in [1.29, 1.82) is 0 Å². The Balaban J connectivity index is 1.37. The van der Waals surface area contributed by atoms with E-state index in [4.69, 9.17) is 9.52 Å². The van der Waals surface area contributed by atoms with E-state index in [1.54, 1.807) is 6.26 Å². The number of hydrogen-bond donors (Lipinski definition) is 2. The summed E-state index contributed by atoms with van der Waals surface area (Å²) >= 11 is 0. The number of aromatic amines is 1. The van der Waals surface area contributed by atoms with Gasteiger partial charge in [0, 0.05) is 56.5 Å². The second kappa shape index (κ2) is 8.26. The highest BCUT2D eigenvalue weighted by atomic mass is 16.5. The smallest absolute Gasteiger partial charge is 0.194 e. The Morgan fingerprint density at radius 2 is 2.07 bits per heavy atom. The van der Waals surface area contributed by atoms with Crippen molar-refractivity contribution < 1.29 is 4.52 Å². The highest BCUT2D eigenvalue weighted by Crippen LogP contribution is 2.15. The Hall–Kier alpha value is -2.80. The molecule has 0 unspecified atom stereocenters. The molecule has 1 aromatic carbocycles. The number of hydrogen-bond acceptors (Lipinski definition) is 4. The van der Waals surface area contributed by atoms with Gasteiger partial charge in [-0.25, -0.2) is 4.99 Å². The van der Waals surface area contributed by atoms with E-state index in [1.807, 2.05) is 6.07 Å². The summed E-state index contributed by atoms with van der Waals surface area (Å²) in [6.45, 7) is 8.35. The average Bonchev–Trinajstić information content (AvgIpc) is 3.35. The third kappa shape index (κ3) is 4.31. The first-order valence-electron chi connectivity index (χ1n) is 9.53. The number of H-pyrrole nitrogens is 1. The summed E-state index contributed by atoms with van der Waals surface area (Å²) in [4.78, 5) is 13.0. The van der Waals surface area contributed by atoms with Gasteiger partial charge in [-0.3, -0.25) is 4.90 Å². The molecule has 0 radical (unpaired) electrons. The molecule has 3 aromatic rings. The van der Waals surface area contributed by atoms with Crippen molar-refractivity contribution in [1.82, 2.24) is 25.3 Å². The summed E-state index contributed by atoms with van der Waals surface area (Å²) in [5, 5.41) is 8.67. The van der Waals surface area contributed by atoms with Crippen LogP contribution in [0.2, 0.25) is 0 Å². The Morgan fingerprint density at radius 3 is 2.81 bits per heavy atom. The van der Waals surface area contributed by atoms with E-state index >= 15 is 0 Å². The van der Waals surface area contributed by atoms with Crippen molar-refractivity contribution in [3.05, 3.63) is 54.0 Å². The second-order valence-electron chi connectivity index (χ2n) is 6.81. The lowest BCUT2D eigenvalue weighted by molar-refractivity contribution is 0.169. The van der Waals surface area contributed by atoms with Crippen molar-refractivity contribution in [3.8, 4) is 0 Å². The lowest BCUT2D eigenvalue weighted by atomic mass is 10.2. The minimum Gasteiger partial charge on any atom is -0.364 e. The van der Waals surface area contributed by atoms with E-state index in [1.165, 1.54) is 5.39 Å². The maximum absolute atomic E-state index is 4.92. The van der Waals surface area contributed by atoms with Crippen LogP contribution in [0.1, 0.15) is 18.3 Å². The molecule has 27 heavy (non-hydrogen) atoms. The van der Waals surface area contributed by atoms with Gasteiger partial charge in [-0.05, 0) is 24.4 Å². The molecule has 2 aromatic heterocycles. The molecule has 3 heterocycles. The standard InChI is InChI=1S/C20H26N6O/c1-2-21-20(22-14-18-13-16-5-3-4-6-19(16)23-18)26-10-8-25(9-11-26)15-17-7-12-27-24-17/h3-7,12-13,23H,2,8-11,14-15H2,1H3,(H,21,22). The van der Waals surface area contributed by atoms with Gasteiger partial charge in [-0.15, -0.1) is 0 Å². The highest BCUT2D eigenvalue weighted by Gasteiger charge is 2.20. The normalized spacial score (nSPS) is 16.2. The number of piperazine rings is 1. The molecule has 1 fully saturated rings. The van der Waals surface area contributed by atoms with Gasteiger partial charge in [0.05, 0.1) is 12.2 Å². The van der Waals surface area contributed by atoms with Crippen LogP contribution in [0, 0.1) is 0 Å². The first-order valence-corrected chi connectivity index (χ1v) is 9.53. The largest absolute Gasteiger partial charge is 0.364 e. The molecule has 7 heteroatoms. The fourth-order valence-corrected chi connectivity index (χ4v) is 3.47. The van der Waals surface area contributed by atoms with Gasteiger partial charge < -0.3 is 19.7 Å². The Kier molecular flexibility index (Phi) is 5.39. The van der Waals surface area contributed by atoms with E-state index in [0.717, 1.165) is 62.1 Å². The number of fused-ring (bicyclic) bond motifs is 1. The van der Waals surface area contributed by atoms with Gasteiger partial charge in [-0.1, -0.05) is 23.4 Å². The van der Waals surface area contributed by atoms with Gasteiger partial charge in [0.2, 0.25) is 0 Å². The van der Waals surface area contributed by atoms with Crippen molar-refractivity contribution in [2.45, 2.75) is 20.0 Å². The van der Waals surface area contributed by atoms with E-state index in [9.17, 15) is 0 Å². The zero-order chi connectivity index (χ0) is 18.5. The quantitative estimate of drug-likeness (QED) is 0.536. The number of aromatic nitrogens is 2. The third-order valence-corrected chi connectivity index (χ3v) is 4.87. The van der Waals surface area contributed by atoms with Gasteiger partial charge in [0.25, 0.3) is 0 Å². The van der Waals surface area contributed by atoms with Crippen LogP contribution in [0.5, 0.6) is 0 Å². The van der Waals surface area contributed by atoms with Crippen LogP contribution < -0.4 is 5.32 Å². The number of para-hydroxylation sites is 1. The Morgan fingerprint density at radius 1 is 1.22 bits per heavy atom. The van der Waals surface area contributed by atoms with E-state index < -0.39 is 0 Å². The number of guanidine groups is 1. The number of rotatable bonds is 5. The summed E-state index contributed by atoms with van der Waals surface area (Å²) in [5.41, 5.74) is 3.29. The summed E-state index contributed by atoms with van der Waals surface area (Å²) in [6, 6.07) is 12.4. The molecular formula is C20H26N6O. The van der Waals surface area contributed by atoms with Crippen LogP contribution in [0.4, 0.5) is 0 Å². The molecule has 4 rings (SSSR count). The van der Waals surface area contributed by atoms with E-state index in [2.05, 4.69) is 62.5 Å². The average molecular weight is 366 g/mol. The van der Waals surface area contributed by atoms with E-state index in [0.29, 0.717) is 6.54 Å². The van der Waals surface area contributed by atoms with Gasteiger partial charge in [-0.2, -0.15) is 0 Å². The lowest BCUT2D eigenvalue weighted by Gasteiger charge is -2.36. The fraction of sp³-hybridized carbons (Fsp3) is 0.400. The zero-order valence-electron chi connectivity index (χ0n) is 15.7. The zero-order valence-corrected chi connectivity index (χ0v) is 15.7. The highest BCUT2D eigenvalue weighted by molar-refractivity contribution is 5.81.